The Kier molecular flexibility index (Phi) is 9.14. The van der Waals surface area contributed by atoms with Gasteiger partial charge in [0, 0.05) is 6.42 Å². The first-order chi connectivity index (χ1) is 14.8. The SMILES string of the molecule is COC(=O)c1cc(C(=O)OC)cc(-c2ccccc2)c1.C[C@H]1OC(CO)CC(O)C1O. The van der Waals surface area contributed by atoms with E-state index in [0.717, 1.165) is 11.1 Å². The largest absolute Gasteiger partial charge is 0.465 e. The van der Waals surface area contributed by atoms with Gasteiger partial charge in [-0.3, -0.25) is 0 Å². The Morgan fingerprint density at radius 3 is 1.97 bits per heavy atom. The molecule has 0 aliphatic carbocycles. The van der Waals surface area contributed by atoms with Crippen LogP contribution in [0.15, 0.2) is 48.5 Å². The summed E-state index contributed by atoms with van der Waals surface area (Å²) in [5.41, 5.74) is 2.29. The van der Waals surface area contributed by atoms with E-state index in [2.05, 4.69) is 0 Å². The van der Waals surface area contributed by atoms with Crippen LogP contribution >= 0.6 is 0 Å². The summed E-state index contributed by atoms with van der Waals surface area (Å²) in [5, 5.41) is 27.1. The molecule has 1 aliphatic heterocycles. The molecule has 1 saturated heterocycles. The van der Waals surface area contributed by atoms with Crippen molar-refractivity contribution in [1.82, 2.24) is 0 Å². The molecule has 31 heavy (non-hydrogen) atoms. The number of rotatable bonds is 4. The molecule has 0 aromatic heterocycles. The van der Waals surface area contributed by atoms with Crippen LogP contribution < -0.4 is 0 Å². The van der Waals surface area contributed by atoms with Crippen molar-refractivity contribution in [3.05, 3.63) is 59.7 Å². The van der Waals surface area contributed by atoms with E-state index in [0.29, 0.717) is 17.5 Å². The quantitative estimate of drug-likeness (QED) is 0.625. The number of hydrogen-bond donors (Lipinski definition) is 3. The van der Waals surface area contributed by atoms with Gasteiger partial charge < -0.3 is 29.5 Å². The molecule has 3 rings (SSSR count). The molecule has 2 aromatic carbocycles. The highest BCUT2D eigenvalue weighted by Crippen LogP contribution is 2.23. The van der Waals surface area contributed by atoms with E-state index < -0.39 is 30.3 Å². The second kappa shape index (κ2) is 11.6. The first-order valence-electron chi connectivity index (χ1n) is 9.80. The van der Waals surface area contributed by atoms with Crippen molar-refractivity contribution in [3.63, 3.8) is 0 Å². The highest BCUT2D eigenvalue weighted by molar-refractivity contribution is 5.97. The molecule has 0 amide bonds. The minimum atomic E-state index is -0.821. The van der Waals surface area contributed by atoms with Gasteiger partial charge in [-0.1, -0.05) is 30.3 Å². The standard InChI is InChI=1S/C16H14O4.C7H14O4/c1-19-15(17)13-8-12(11-6-4-3-5-7-11)9-14(10-13)16(18)20-2;1-4-7(10)6(9)2-5(3-8)11-4/h3-10H,1-2H3;4-10H,2-3H2,1H3/t;4-,5?,6?,7?/m.1/s1. The molecule has 168 valence electrons. The van der Waals surface area contributed by atoms with Crippen molar-refractivity contribution in [2.24, 2.45) is 0 Å². The molecule has 2 aromatic rings. The summed E-state index contributed by atoms with van der Waals surface area (Å²) in [6.45, 7) is 1.57. The van der Waals surface area contributed by atoms with Crippen molar-refractivity contribution >= 4 is 11.9 Å². The molecule has 4 atom stereocenters. The fourth-order valence-corrected chi connectivity index (χ4v) is 3.18. The molecule has 1 fully saturated rings. The summed E-state index contributed by atoms with van der Waals surface area (Å²) in [6, 6.07) is 14.3. The van der Waals surface area contributed by atoms with Crippen molar-refractivity contribution < 1.29 is 39.1 Å². The summed E-state index contributed by atoms with van der Waals surface area (Å²) < 4.78 is 14.6. The number of carbonyl (C=O) groups is 2. The number of esters is 2. The van der Waals surface area contributed by atoms with E-state index in [-0.39, 0.29) is 12.7 Å². The third-order valence-corrected chi connectivity index (χ3v) is 4.87. The van der Waals surface area contributed by atoms with E-state index in [1.807, 2.05) is 30.3 Å². The van der Waals surface area contributed by atoms with Crippen LogP contribution in [0.5, 0.6) is 0 Å². The monoisotopic (exact) mass is 432 g/mol. The van der Waals surface area contributed by atoms with Gasteiger partial charge in [0.1, 0.15) is 6.10 Å². The highest BCUT2D eigenvalue weighted by Gasteiger charge is 2.33. The number of benzene rings is 2. The number of aliphatic hydroxyl groups is 3. The fraction of sp³-hybridized carbons (Fsp3) is 0.391. The predicted molar refractivity (Wildman–Crippen MR) is 113 cm³/mol. The number of aliphatic hydroxyl groups excluding tert-OH is 3. The summed E-state index contributed by atoms with van der Waals surface area (Å²) >= 11 is 0. The molecule has 0 saturated carbocycles. The molecular weight excluding hydrogens is 404 g/mol. The van der Waals surface area contributed by atoms with Gasteiger partial charge in [-0.15, -0.1) is 0 Å². The maximum atomic E-state index is 11.7. The Balaban J connectivity index is 0.000000262. The summed E-state index contributed by atoms with van der Waals surface area (Å²) in [7, 11) is 2.60. The second-order valence-corrected chi connectivity index (χ2v) is 7.09. The van der Waals surface area contributed by atoms with Gasteiger partial charge >= 0.3 is 11.9 Å². The maximum absolute atomic E-state index is 11.7. The number of methoxy groups -OCH3 is 2. The third kappa shape index (κ3) is 6.60. The van der Waals surface area contributed by atoms with Crippen LogP contribution in [0.1, 0.15) is 34.1 Å². The van der Waals surface area contributed by atoms with Gasteiger partial charge in [0.2, 0.25) is 0 Å². The summed E-state index contributed by atoms with van der Waals surface area (Å²) in [4.78, 5) is 23.4. The lowest BCUT2D eigenvalue weighted by Crippen LogP contribution is -2.47. The Morgan fingerprint density at radius 2 is 1.52 bits per heavy atom. The van der Waals surface area contributed by atoms with E-state index in [1.165, 1.54) is 20.3 Å². The molecule has 8 heteroatoms. The van der Waals surface area contributed by atoms with Crippen molar-refractivity contribution in [3.8, 4) is 11.1 Å². The molecule has 0 radical (unpaired) electrons. The average molecular weight is 432 g/mol. The van der Waals surface area contributed by atoms with Crippen LogP contribution in [0, 0.1) is 0 Å². The molecule has 1 heterocycles. The Morgan fingerprint density at radius 1 is 0.968 bits per heavy atom. The van der Waals surface area contributed by atoms with Crippen LogP contribution in [0.25, 0.3) is 11.1 Å². The molecular formula is C23H28O8. The zero-order chi connectivity index (χ0) is 23.0. The minimum absolute atomic E-state index is 0.103. The zero-order valence-corrected chi connectivity index (χ0v) is 17.7. The lowest BCUT2D eigenvalue weighted by atomic mass is 9.99. The molecule has 1 aliphatic rings. The first-order valence-corrected chi connectivity index (χ1v) is 9.80. The highest BCUT2D eigenvalue weighted by atomic mass is 16.5. The topological polar surface area (TPSA) is 123 Å². The zero-order valence-electron chi connectivity index (χ0n) is 17.7. The maximum Gasteiger partial charge on any atom is 0.337 e. The molecule has 0 bridgehead atoms. The van der Waals surface area contributed by atoms with Crippen molar-refractivity contribution in [2.45, 2.75) is 37.8 Å². The van der Waals surface area contributed by atoms with Gasteiger partial charge in [-0.25, -0.2) is 9.59 Å². The smallest absolute Gasteiger partial charge is 0.337 e. The summed E-state index contributed by atoms with van der Waals surface area (Å²) in [6.07, 6.45) is -2.00. The number of hydrogen-bond acceptors (Lipinski definition) is 8. The van der Waals surface area contributed by atoms with E-state index >= 15 is 0 Å². The van der Waals surface area contributed by atoms with Gasteiger partial charge in [0.15, 0.2) is 0 Å². The first kappa shape index (κ1) is 24.5. The van der Waals surface area contributed by atoms with Crippen LogP contribution in [-0.4, -0.2) is 72.5 Å². The van der Waals surface area contributed by atoms with Crippen LogP contribution in [-0.2, 0) is 14.2 Å². The van der Waals surface area contributed by atoms with Gasteiger partial charge in [-0.2, -0.15) is 0 Å². The molecule has 8 nitrogen and oxygen atoms in total. The molecule has 0 spiro atoms. The lowest BCUT2D eigenvalue weighted by molar-refractivity contribution is -0.170. The van der Waals surface area contributed by atoms with E-state index in [4.69, 9.17) is 19.3 Å². The summed E-state index contributed by atoms with van der Waals surface area (Å²) in [5.74, 6) is -0.985. The molecule has 3 unspecified atom stereocenters. The van der Waals surface area contributed by atoms with Gasteiger partial charge in [-0.05, 0) is 36.2 Å². The second-order valence-electron chi connectivity index (χ2n) is 7.09. The Labute approximate surface area is 181 Å². The normalized spacial score (nSPS) is 22.6. The van der Waals surface area contributed by atoms with E-state index in [1.54, 1.807) is 19.1 Å². The Bertz CT molecular complexity index is 821. The fourth-order valence-electron chi connectivity index (χ4n) is 3.18. The number of carbonyl (C=O) groups excluding carboxylic acids is 2. The van der Waals surface area contributed by atoms with Crippen LogP contribution in [0.3, 0.4) is 0 Å². The minimum Gasteiger partial charge on any atom is -0.465 e. The number of ether oxygens (including phenoxy) is 3. The molecule has 3 N–H and O–H groups in total. The predicted octanol–water partition coefficient (Wildman–Crippen LogP) is 1.80. The van der Waals surface area contributed by atoms with Crippen LogP contribution in [0.2, 0.25) is 0 Å². The van der Waals surface area contributed by atoms with E-state index in [9.17, 15) is 19.8 Å². The Hall–Kier alpha value is -2.78. The lowest BCUT2D eigenvalue weighted by Gasteiger charge is -2.34. The average Bonchev–Trinajstić information content (AvgIpc) is 2.81. The van der Waals surface area contributed by atoms with Crippen molar-refractivity contribution in [2.75, 3.05) is 20.8 Å². The van der Waals surface area contributed by atoms with Gasteiger partial charge in [0.05, 0.1) is 50.3 Å². The van der Waals surface area contributed by atoms with Crippen LogP contribution in [0.4, 0.5) is 0 Å². The third-order valence-electron chi connectivity index (χ3n) is 4.87. The van der Waals surface area contributed by atoms with Crippen molar-refractivity contribution in [1.29, 1.82) is 0 Å². The van der Waals surface area contributed by atoms with Gasteiger partial charge in [0.25, 0.3) is 0 Å².